The molecule has 0 unspecified atom stereocenters. The third-order valence-electron chi connectivity index (χ3n) is 3.71. The summed E-state index contributed by atoms with van der Waals surface area (Å²) >= 11 is 0. The second kappa shape index (κ2) is 5.63. The fourth-order valence-corrected chi connectivity index (χ4v) is 2.41. The van der Waals surface area contributed by atoms with Crippen LogP contribution in [0, 0.1) is 6.92 Å². The van der Waals surface area contributed by atoms with Crippen molar-refractivity contribution in [3.63, 3.8) is 0 Å². The van der Waals surface area contributed by atoms with Crippen LogP contribution >= 0.6 is 0 Å². The van der Waals surface area contributed by atoms with Crippen molar-refractivity contribution >= 4 is 0 Å². The molecule has 0 spiro atoms. The lowest BCUT2D eigenvalue weighted by atomic mass is 10.0. The van der Waals surface area contributed by atoms with Gasteiger partial charge < -0.3 is 10.1 Å². The van der Waals surface area contributed by atoms with Crippen LogP contribution in [0.25, 0.3) is 11.3 Å². The van der Waals surface area contributed by atoms with Crippen LogP contribution in [-0.2, 0) is 6.54 Å². The lowest BCUT2D eigenvalue weighted by molar-refractivity contribution is 0.415. The first-order valence-electron chi connectivity index (χ1n) is 7.10. The van der Waals surface area contributed by atoms with Crippen LogP contribution in [0.3, 0.4) is 0 Å². The van der Waals surface area contributed by atoms with E-state index in [-0.39, 0.29) is 0 Å². The van der Waals surface area contributed by atoms with Gasteiger partial charge >= 0.3 is 0 Å². The molecule has 0 atom stereocenters. The number of ether oxygens (including phenoxy) is 1. The Hall–Kier alpha value is -1.87. The molecule has 1 N–H and O–H groups in total. The Bertz CT molecular complexity index is 606. The van der Waals surface area contributed by atoms with Crippen molar-refractivity contribution in [2.45, 2.75) is 32.4 Å². The minimum Gasteiger partial charge on any atom is -0.494 e. The van der Waals surface area contributed by atoms with E-state index in [1.807, 2.05) is 12.1 Å². The molecule has 3 nitrogen and oxygen atoms in total. The SMILES string of the molecule is COc1cccnc1-c1ccc(CNC2CC2)cc1C. The Labute approximate surface area is 120 Å². The Morgan fingerprint density at radius 1 is 1.30 bits per heavy atom. The van der Waals surface area contributed by atoms with Crippen LogP contribution in [0.4, 0.5) is 0 Å². The molecular weight excluding hydrogens is 248 g/mol. The summed E-state index contributed by atoms with van der Waals surface area (Å²) in [5.74, 6) is 0.819. The first-order valence-corrected chi connectivity index (χ1v) is 7.10. The van der Waals surface area contributed by atoms with E-state index < -0.39 is 0 Å². The number of aryl methyl sites for hydroxylation is 1. The molecule has 2 aromatic rings. The highest BCUT2D eigenvalue weighted by molar-refractivity contribution is 5.69. The van der Waals surface area contributed by atoms with E-state index in [1.54, 1.807) is 13.3 Å². The second-order valence-corrected chi connectivity index (χ2v) is 5.36. The number of nitrogens with zero attached hydrogens (tertiary/aromatic N) is 1. The highest BCUT2D eigenvalue weighted by Crippen LogP contribution is 2.30. The van der Waals surface area contributed by atoms with E-state index in [4.69, 9.17) is 4.74 Å². The van der Waals surface area contributed by atoms with Gasteiger partial charge in [0.2, 0.25) is 0 Å². The van der Waals surface area contributed by atoms with E-state index in [0.717, 1.165) is 29.6 Å². The van der Waals surface area contributed by atoms with Gasteiger partial charge in [-0.1, -0.05) is 18.2 Å². The van der Waals surface area contributed by atoms with E-state index in [0.29, 0.717) is 0 Å². The number of benzene rings is 1. The summed E-state index contributed by atoms with van der Waals surface area (Å²) in [7, 11) is 1.68. The molecule has 1 fully saturated rings. The van der Waals surface area contributed by atoms with Gasteiger partial charge in [-0.3, -0.25) is 4.98 Å². The number of hydrogen-bond acceptors (Lipinski definition) is 3. The van der Waals surface area contributed by atoms with Gasteiger partial charge in [0, 0.05) is 24.3 Å². The van der Waals surface area contributed by atoms with E-state index in [1.165, 1.54) is 24.0 Å². The Balaban J connectivity index is 1.85. The van der Waals surface area contributed by atoms with Crippen molar-refractivity contribution in [1.29, 1.82) is 0 Å². The van der Waals surface area contributed by atoms with Gasteiger partial charge in [0.25, 0.3) is 0 Å². The molecule has 1 saturated carbocycles. The topological polar surface area (TPSA) is 34.1 Å². The van der Waals surface area contributed by atoms with Crippen molar-refractivity contribution in [3.8, 4) is 17.0 Å². The second-order valence-electron chi connectivity index (χ2n) is 5.36. The molecule has 0 amide bonds. The zero-order valence-electron chi connectivity index (χ0n) is 12.0. The van der Waals surface area contributed by atoms with Crippen LogP contribution < -0.4 is 10.1 Å². The molecule has 1 aromatic carbocycles. The molecule has 20 heavy (non-hydrogen) atoms. The lowest BCUT2D eigenvalue weighted by Crippen LogP contribution is -2.15. The number of methoxy groups -OCH3 is 1. The quantitative estimate of drug-likeness (QED) is 0.903. The molecular formula is C17H20N2O. The Morgan fingerprint density at radius 3 is 2.85 bits per heavy atom. The zero-order chi connectivity index (χ0) is 13.9. The standard InChI is InChI=1S/C17H20N2O/c1-12-10-13(11-19-14-6-7-14)5-8-15(12)17-16(20-2)4-3-9-18-17/h3-5,8-10,14,19H,6-7,11H2,1-2H3. The third kappa shape index (κ3) is 2.83. The zero-order valence-corrected chi connectivity index (χ0v) is 12.0. The normalized spacial score (nSPS) is 14.3. The molecule has 1 aliphatic carbocycles. The Kier molecular flexibility index (Phi) is 3.70. The average molecular weight is 268 g/mol. The fraction of sp³-hybridized carbons (Fsp3) is 0.353. The maximum Gasteiger partial charge on any atom is 0.145 e. The molecule has 104 valence electrons. The van der Waals surface area contributed by atoms with Crippen molar-refractivity contribution in [3.05, 3.63) is 47.7 Å². The van der Waals surface area contributed by atoms with Gasteiger partial charge in [-0.2, -0.15) is 0 Å². The largest absolute Gasteiger partial charge is 0.494 e. The average Bonchev–Trinajstić information content (AvgIpc) is 3.29. The van der Waals surface area contributed by atoms with Crippen molar-refractivity contribution in [2.24, 2.45) is 0 Å². The summed E-state index contributed by atoms with van der Waals surface area (Å²) < 4.78 is 5.40. The smallest absolute Gasteiger partial charge is 0.145 e. The van der Waals surface area contributed by atoms with E-state index in [9.17, 15) is 0 Å². The van der Waals surface area contributed by atoms with Crippen LogP contribution in [-0.4, -0.2) is 18.1 Å². The van der Waals surface area contributed by atoms with Crippen molar-refractivity contribution in [1.82, 2.24) is 10.3 Å². The van der Waals surface area contributed by atoms with Crippen LogP contribution in [0.15, 0.2) is 36.5 Å². The number of rotatable bonds is 5. The van der Waals surface area contributed by atoms with Gasteiger partial charge in [-0.05, 0) is 43.0 Å². The molecule has 3 heteroatoms. The summed E-state index contributed by atoms with van der Waals surface area (Å²) in [6.07, 6.45) is 4.45. The van der Waals surface area contributed by atoms with E-state index in [2.05, 4.69) is 35.4 Å². The number of nitrogens with one attached hydrogen (secondary N) is 1. The predicted molar refractivity (Wildman–Crippen MR) is 80.8 cm³/mol. The highest BCUT2D eigenvalue weighted by atomic mass is 16.5. The fourth-order valence-electron chi connectivity index (χ4n) is 2.41. The summed E-state index contributed by atoms with van der Waals surface area (Å²) in [5.41, 5.74) is 4.61. The molecule has 0 aliphatic heterocycles. The third-order valence-corrected chi connectivity index (χ3v) is 3.71. The van der Waals surface area contributed by atoms with Crippen molar-refractivity contribution < 1.29 is 4.74 Å². The minimum absolute atomic E-state index is 0.742. The molecule has 1 heterocycles. The van der Waals surface area contributed by atoms with E-state index >= 15 is 0 Å². The maximum absolute atomic E-state index is 5.40. The number of hydrogen-bond donors (Lipinski definition) is 1. The van der Waals surface area contributed by atoms with Gasteiger partial charge in [0.1, 0.15) is 11.4 Å². The van der Waals surface area contributed by atoms with Crippen LogP contribution in [0.5, 0.6) is 5.75 Å². The van der Waals surface area contributed by atoms with Crippen molar-refractivity contribution in [2.75, 3.05) is 7.11 Å². The Morgan fingerprint density at radius 2 is 2.15 bits per heavy atom. The first-order chi connectivity index (χ1) is 9.78. The summed E-state index contributed by atoms with van der Waals surface area (Å²) in [6.45, 7) is 3.08. The van der Waals surface area contributed by atoms with Gasteiger partial charge in [-0.15, -0.1) is 0 Å². The van der Waals surface area contributed by atoms with Gasteiger partial charge in [-0.25, -0.2) is 0 Å². The monoisotopic (exact) mass is 268 g/mol. The van der Waals surface area contributed by atoms with Crippen LogP contribution in [0.1, 0.15) is 24.0 Å². The van der Waals surface area contributed by atoms with Gasteiger partial charge in [0.15, 0.2) is 0 Å². The molecule has 0 bridgehead atoms. The lowest BCUT2D eigenvalue weighted by Gasteiger charge is -2.11. The van der Waals surface area contributed by atoms with Gasteiger partial charge in [0.05, 0.1) is 7.11 Å². The predicted octanol–water partition coefficient (Wildman–Crippen LogP) is 3.32. The summed E-state index contributed by atoms with van der Waals surface area (Å²) in [5, 5.41) is 3.54. The molecule has 3 rings (SSSR count). The first kappa shape index (κ1) is 13.1. The molecule has 1 aliphatic rings. The molecule has 0 radical (unpaired) electrons. The summed E-state index contributed by atoms with van der Waals surface area (Å²) in [4.78, 5) is 4.45. The maximum atomic E-state index is 5.40. The minimum atomic E-state index is 0.742. The highest BCUT2D eigenvalue weighted by Gasteiger charge is 2.20. The summed E-state index contributed by atoms with van der Waals surface area (Å²) in [6, 6.07) is 11.1. The number of pyridine rings is 1. The van der Waals surface area contributed by atoms with Crippen LogP contribution in [0.2, 0.25) is 0 Å². The molecule has 0 saturated heterocycles. The number of aromatic nitrogens is 1. The molecule has 1 aromatic heterocycles.